The molecule has 3 heterocycles. The predicted molar refractivity (Wildman–Crippen MR) is 154 cm³/mol. The molecule has 1 aromatic carbocycles. The normalized spacial score (nSPS) is 9.82. The van der Waals surface area contributed by atoms with E-state index in [9.17, 15) is 0 Å². The van der Waals surface area contributed by atoms with Crippen molar-refractivity contribution >= 4 is 34.0 Å². The maximum Gasteiger partial charge on any atom is 0.0899 e. The fraction of sp³-hybridized carbons (Fsp3) is 0.414. The van der Waals surface area contributed by atoms with E-state index in [1.165, 1.54) is 63.6 Å². The second-order valence-corrected chi connectivity index (χ2v) is 12.6. The first-order chi connectivity index (χ1) is 15.3. The third-order valence-electron chi connectivity index (χ3n) is 5.62. The number of thiophene rings is 2. The van der Waals surface area contributed by atoms with Crippen LogP contribution in [0.2, 0.25) is 0 Å². The fourth-order valence-electron chi connectivity index (χ4n) is 2.91. The smallest absolute Gasteiger partial charge is 0.0899 e. The molecule has 4 heteroatoms. The number of aryl methyl sites for hydroxylation is 11. The highest BCUT2D eigenvalue weighted by atomic mass is 32.1. The van der Waals surface area contributed by atoms with Gasteiger partial charge in [0, 0.05) is 19.5 Å². The van der Waals surface area contributed by atoms with Crippen LogP contribution in [0.25, 0.3) is 0 Å². The minimum Gasteiger partial charge on any atom is -0.247 e. The molecule has 0 saturated heterocycles. The number of hydrogen-bond acceptors (Lipinski definition) is 4. The summed E-state index contributed by atoms with van der Waals surface area (Å²) in [5, 5.41) is 3.37. The van der Waals surface area contributed by atoms with Crippen LogP contribution in [0.3, 0.4) is 0 Å². The van der Waals surface area contributed by atoms with Crippen LogP contribution in [-0.2, 0) is 0 Å². The van der Waals surface area contributed by atoms with Gasteiger partial charge in [0.25, 0.3) is 0 Å². The summed E-state index contributed by atoms with van der Waals surface area (Å²) >= 11 is 5.46. The summed E-state index contributed by atoms with van der Waals surface area (Å²) in [5.41, 5.74) is 9.58. The van der Waals surface area contributed by atoms with Crippen molar-refractivity contribution in [1.29, 1.82) is 0 Å². The van der Waals surface area contributed by atoms with E-state index in [1.54, 1.807) is 11.3 Å². The van der Waals surface area contributed by atoms with E-state index in [0.29, 0.717) is 0 Å². The maximum absolute atomic E-state index is 4.23. The number of thiazole rings is 1. The highest BCUT2D eigenvalue weighted by Gasteiger charge is 1.96. The average Bonchev–Trinajstić information content (AvgIpc) is 3.31. The predicted octanol–water partition coefficient (Wildman–Crippen LogP) is 10.0. The zero-order valence-electron chi connectivity index (χ0n) is 22.6. The lowest BCUT2D eigenvalue weighted by atomic mass is 10.1. The number of aromatic nitrogens is 1. The first kappa shape index (κ1) is 29.3. The Labute approximate surface area is 214 Å². The molecule has 3 aromatic heterocycles. The Morgan fingerprint density at radius 2 is 1.21 bits per heavy atom. The molecule has 0 saturated carbocycles. The Balaban J connectivity index is 0.000000220. The topological polar surface area (TPSA) is 12.9 Å². The van der Waals surface area contributed by atoms with Gasteiger partial charge >= 0.3 is 0 Å². The quantitative estimate of drug-likeness (QED) is 0.234. The monoisotopic (exact) mass is 499 g/mol. The lowest BCUT2D eigenvalue weighted by molar-refractivity contribution is 1.18. The summed E-state index contributed by atoms with van der Waals surface area (Å²) in [4.78, 5) is 9.88. The second-order valence-electron chi connectivity index (χ2n) is 8.66. The summed E-state index contributed by atoms with van der Waals surface area (Å²) in [6, 6.07) is 8.72. The second kappa shape index (κ2) is 13.8. The first-order valence-corrected chi connectivity index (χ1v) is 13.8. The molecular formula is C29H41NS3. The minimum atomic E-state index is 1.17. The van der Waals surface area contributed by atoms with E-state index in [4.69, 9.17) is 0 Å². The van der Waals surface area contributed by atoms with Gasteiger partial charge < -0.3 is 0 Å². The molecule has 0 aliphatic carbocycles. The molecule has 0 unspecified atom stereocenters. The van der Waals surface area contributed by atoms with Crippen LogP contribution in [-0.4, -0.2) is 4.98 Å². The van der Waals surface area contributed by atoms with E-state index in [0.717, 1.165) is 0 Å². The Bertz CT molecular complexity index is 1040. The molecule has 0 N–H and O–H groups in total. The van der Waals surface area contributed by atoms with Crippen molar-refractivity contribution in [2.75, 3.05) is 0 Å². The molecular weight excluding hydrogens is 459 g/mol. The lowest BCUT2D eigenvalue weighted by Gasteiger charge is -1.98. The van der Waals surface area contributed by atoms with Gasteiger partial charge in [0.2, 0.25) is 0 Å². The molecule has 0 amide bonds. The van der Waals surface area contributed by atoms with Gasteiger partial charge in [-0.1, -0.05) is 23.8 Å². The molecule has 0 aliphatic rings. The van der Waals surface area contributed by atoms with Crippen LogP contribution >= 0.6 is 34.0 Å². The zero-order chi connectivity index (χ0) is 25.3. The summed E-state index contributed by atoms with van der Waals surface area (Å²) in [5.74, 6) is 0. The van der Waals surface area contributed by atoms with Crippen molar-refractivity contribution in [3.05, 3.63) is 93.2 Å². The molecule has 0 aliphatic heterocycles. The van der Waals surface area contributed by atoms with Crippen LogP contribution in [0.5, 0.6) is 0 Å². The van der Waals surface area contributed by atoms with Gasteiger partial charge in [-0.25, -0.2) is 4.98 Å². The van der Waals surface area contributed by atoms with Crippen LogP contribution in [0.1, 0.15) is 63.6 Å². The zero-order valence-corrected chi connectivity index (χ0v) is 25.0. The van der Waals surface area contributed by atoms with E-state index in [2.05, 4.69) is 104 Å². The number of hydrogen-bond donors (Lipinski definition) is 0. The number of nitrogens with zero attached hydrogens (tertiary/aromatic N) is 1. The molecule has 0 radical (unpaired) electrons. The summed E-state index contributed by atoms with van der Waals surface area (Å²) in [6.07, 6.45) is 0. The lowest BCUT2D eigenvalue weighted by Crippen LogP contribution is -1.79. The van der Waals surface area contributed by atoms with Crippen molar-refractivity contribution < 1.29 is 0 Å². The molecule has 180 valence electrons. The fourth-order valence-corrected chi connectivity index (χ4v) is 5.54. The van der Waals surface area contributed by atoms with Crippen molar-refractivity contribution in [3.8, 4) is 0 Å². The van der Waals surface area contributed by atoms with Gasteiger partial charge in [0.15, 0.2) is 0 Å². The van der Waals surface area contributed by atoms with Crippen molar-refractivity contribution in [2.45, 2.75) is 83.1 Å². The van der Waals surface area contributed by atoms with Crippen molar-refractivity contribution in [2.24, 2.45) is 0 Å². The Kier molecular flexibility index (Phi) is 12.3. The van der Waals surface area contributed by atoms with Gasteiger partial charge in [-0.2, -0.15) is 0 Å². The summed E-state index contributed by atoms with van der Waals surface area (Å²) < 4.78 is 0. The van der Waals surface area contributed by atoms with E-state index >= 15 is 0 Å². The minimum absolute atomic E-state index is 1.17. The summed E-state index contributed by atoms with van der Waals surface area (Å²) in [7, 11) is 0. The third kappa shape index (κ3) is 10.4. The largest absolute Gasteiger partial charge is 0.247 e. The third-order valence-corrected chi connectivity index (χ3v) is 8.81. The Morgan fingerprint density at radius 3 is 1.42 bits per heavy atom. The molecule has 0 atom stereocenters. The van der Waals surface area contributed by atoms with Crippen molar-refractivity contribution in [1.82, 2.24) is 4.98 Å². The molecule has 0 spiro atoms. The SMILES string of the molecule is Cc1cc(C)c(C)s1.Cc1ccc(C)c(C)c1.Cc1csc(C)c1C.Cc1nc(C)c(C)s1. The van der Waals surface area contributed by atoms with Gasteiger partial charge in [-0.05, 0) is 122 Å². The van der Waals surface area contributed by atoms with Gasteiger partial charge in [0.05, 0.1) is 10.7 Å². The molecule has 0 bridgehead atoms. The Hall–Kier alpha value is -1.75. The maximum atomic E-state index is 4.23. The first-order valence-electron chi connectivity index (χ1n) is 11.3. The van der Waals surface area contributed by atoms with E-state index in [-0.39, 0.29) is 0 Å². The van der Waals surface area contributed by atoms with Crippen LogP contribution < -0.4 is 0 Å². The van der Waals surface area contributed by atoms with E-state index in [1.807, 2.05) is 36.5 Å². The van der Waals surface area contributed by atoms with Crippen LogP contribution in [0.15, 0.2) is 29.6 Å². The van der Waals surface area contributed by atoms with Gasteiger partial charge in [-0.3, -0.25) is 0 Å². The highest BCUT2D eigenvalue weighted by Crippen LogP contribution is 2.19. The molecule has 4 rings (SSSR count). The van der Waals surface area contributed by atoms with Crippen molar-refractivity contribution in [3.63, 3.8) is 0 Å². The van der Waals surface area contributed by atoms with Gasteiger partial charge in [0.1, 0.15) is 0 Å². The average molecular weight is 500 g/mol. The van der Waals surface area contributed by atoms with Crippen LogP contribution in [0, 0.1) is 83.1 Å². The van der Waals surface area contributed by atoms with Crippen LogP contribution in [0.4, 0.5) is 0 Å². The number of benzene rings is 1. The number of rotatable bonds is 0. The van der Waals surface area contributed by atoms with E-state index < -0.39 is 0 Å². The molecule has 0 fully saturated rings. The van der Waals surface area contributed by atoms with Gasteiger partial charge in [-0.15, -0.1) is 34.0 Å². The molecule has 33 heavy (non-hydrogen) atoms. The summed E-state index contributed by atoms with van der Waals surface area (Å²) in [6.45, 7) is 25.5. The standard InChI is InChI=1S/C9H12.2C7H10S.C6H9NS/c1-7-4-5-8(2)9(3)6-7;1-5-4-8-7(3)6(5)2;1-5-4-6(2)8-7(5)3;1-4-5(2)8-6(3)7-4/h4-6H,1-3H3;2*4H,1-3H3;1-3H3. The molecule has 1 nitrogen and oxygen atoms in total. The highest BCUT2D eigenvalue weighted by molar-refractivity contribution is 7.12. The molecule has 4 aromatic rings. The Morgan fingerprint density at radius 1 is 0.576 bits per heavy atom.